The molecule has 0 spiro atoms. The van der Waals surface area contributed by atoms with E-state index in [-0.39, 0.29) is 0 Å². The molecule has 2 heterocycles. The third-order valence-electron chi connectivity index (χ3n) is 3.09. The Morgan fingerprint density at radius 3 is 2.53 bits per heavy atom. The molecule has 15 heavy (non-hydrogen) atoms. The molecule has 3 rings (SSSR count). The zero-order valence-electron chi connectivity index (χ0n) is 8.39. The Morgan fingerprint density at radius 1 is 1.07 bits per heavy atom. The van der Waals surface area contributed by atoms with Crippen LogP contribution in [-0.4, -0.2) is 6.54 Å². The Kier molecular flexibility index (Phi) is 2.31. The second-order valence-corrected chi connectivity index (χ2v) is 4.74. The van der Waals surface area contributed by atoms with Crippen molar-refractivity contribution >= 4 is 11.3 Å². The van der Waals surface area contributed by atoms with E-state index in [9.17, 15) is 0 Å². The third kappa shape index (κ3) is 1.60. The quantitative estimate of drug-likeness (QED) is 0.811. The van der Waals surface area contributed by atoms with E-state index in [1.165, 1.54) is 11.1 Å². The number of hydrogen-bond donors (Lipinski definition) is 1. The monoisotopic (exact) mass is 215 g/mol. The zero-order chi connectivity index (χ0) is 10.1. The van der Waals surface area contributed by atoms with E-state index >= 15 is 0 Å². The molecule has 1 aromatic heterocycles. The fraction of sp³-hybridized carbons (Fsp3) is 0.231. The minimum atomic E-state index is 0.515. The largest absolute Gasteiger partial charge is 0.309 e. The summed E-state index contributed by atoms with van der Waals surface area (Å²) in [7, 11) is 0. The lowest BCUT2D eigenvalue weighted by atomic mass is 9.82. The average Bonchev–Trinajstić information content (AvgIpc) is 2.71. The molecule has 1 nitrogen and oxygen atoms in total. The van der Waals surface area contributed by atoms with Gasteiger partial charge >= 0.3 is 0 Å². The predicted octanol–water partition coefficient (Wildman–Crippen LogP) is 3.18. The minimum Gasteiger partial charge on any atom is -0.309 e. The zero-order valence-corrected chi connectivity index (χ0v) is 9.21. The highest BCUT2D eigenvalue weighted by molar-refractivity contribution is 7.08. The number of rotatable bonds is 2. The van der Waals surface area contributed by atoms with Gasteiger partial charge in [0.2, 0.25) is 0 Å². The molecule has 2 heteroatoms. The van der Waals surface area contributed by atoms with Crippen molar-refractivity contribution in [3.8, 4) is 0 Å². The Balaban J connectivity index is 1.85. The van der Waals surface area contributed by atoms with Gasteiger partial charge in [-0.25, -0.2) is 0 Å². The lowest BCUT2D eigenvalue weighted by molar-refractivity contribution is 0.319. The van der Waals surface area contributed by atoms with Crippen molar-refractivity contribution in [1.82, 2.24) is 5.32 Å². The maximum atomic E-state index is 3.50. The number of thiophene rings is 1. The molecule has 0 amide bonds. The first kappa shape index (κ1) is 9.13. The van der Waals surface area contributed by atoms with Crippen LogP contribution in [-0.2, 0) is 0 Å². The van der Waals surface area contributed by atoms with Crippen LogP contribution >= 0.6 is 11.3 Å². The van der Waals surface area contributed by atoms with Gasteiger partial charge in [-0.05, 0) is 28.0 Å². The van der Waals surface area contributed by atoms with Crippen molar-refractivity contribution in [3.63, 3.8) is 0 Å². The van der Waals surface area contributed by atoms with Crippen LogP contribution in [0.2, 0.25) is 0 Å². The standard InChI is InChI=1S/C13H13NS/c1-2-4-10(5-3-1)13-12(8-14-13)11-6-7-15-9-11/h1-7,9,12-14H,8H2. The summed E-state index contributed by atoms with van der Waals surface area (Å²) in [4.78, 5) is 0. The van der Waals surface area contributed by atoms with Crippen molar-refractivity contribution < 1.29 is 0 Å². The molecule has 1 N–H and O–H groups in total. The van der Waals surface area contributed by atoms with Gasteiger partial charge in [0, 0.05) is 18.5 Å². The van der Waals surface area contributed by atoms with E-state index in [1.54, 1.807) is 11.3 Å². The third-order valence-corrected chi connectivity index (χ3v) is 3.79. The molecule has 1 aliphatic rings. The van der Waals surface area contributed by atoms with Crippen molar-refractivity contribution in [2.75, 3.05) is 6.54 Å². The van der Waals surface area contributed by atoms with E-state index in [4.69, 9.17) is 0 Å². The maximum Gasteiger partial charge on any atom is 0.0402 e. The Bertz CT molecular complexity index is 421. The van der Waals surface area contributed by atoms with Gasteiger partial charge in [0.05, 0.1) is 0 Å². The molecule has 1 saturated heterocycles. The first-order valence-corrected chi connectivity index (χ1v) is 6.20. The van der Waals surface area contributed by atoms with E-state index in [1.807, 2.05) is 0 Å². The van der Waals surface area contributed by atoms with Gasteiger partial charge in [0.15, 0.2) is 0 Å². The summed E-state index contributed by atoms with van der Waals surface area (Å²) in [5.41, 5.74) is 2.88. The highest BCUT2D eigenvalue weighted by Crippen LogP contribution is 2.37. The van der Waals surface area contributed by atoms with Crippen LogP contribution < -0.4 is 5.32 Å². The first-order chi connectivity index (χ1) is 7.45. The van der Waals surface area contributed by atoms with E-state index in [0.29, 0.717) is 12.0 Å². The summed E-state index contributed by atoms with van der Waals surface area (Å²) in [5.74, 6) is 0.665. The van der Waals surface area contributed by atoms with E-state index in [2.05, 4.69) is 52.5 Å². The molecule has 0 bridgehead atoms. The molecule has 1 fully saturated rings. The molecule has 2 aromatic rings. The topological polar surface area (TPSA) is 12.0 Å². The van der Waals surface area contributed by atoms with Gasteiger partial charge in [-0.15, -0.1) is 0 Å². The van der Waals surface area contributed by atoms with E-state index < -0.39 is 0 Å². The summed E-state index contributed by atoms with van der Waals surface area (Å²) in [6, 6.07) is 13.5. The fourth-order valence-corrected chi connectivity index (χ4v) is 2.89. The molecular weight excluding hydrogens is 202 g/mol. The van der Waals surface area contributed by atoms with Crippen LogP contribution in [0.3, 0.4) is 0 Å². The molecule has 76 valence electrons. The molecule has 1 aliphatic heterocycles. The van der Waals surface area contributed by atoms with Crippen LogP contribution in [0.4, 0.5) is 0 Å². The predicted molar refractivity (Wildman–Crippen MR) is 64.2 cm³/mol. The molecule has 2 atom stereocenters. The van der Waals surface area contributed by atoms with E-state index in [0.717, 1.165) is 6.54 Å². The Labute approximate surface area is 93.8 Å². The highest BCUT2D eigenvalue weighted by atomic mass is 32.1. The van der Waals surface area contributed by atoms with Gasteiger partial charge in [-0.1, -0.05) is 30.3 Å². The molecule has 2 unspecified atom stereocenters. The summed E-state index contributed by atoms with van der Waals surface area (Å²) < 4.78 is 0. The van der Waals surface area contributed by atoms with Crippen molar-refractivity contribution in [2.24, 2.45) is 0 Å². The fourth-order valence-electron chi connectivity index (χ4n) is 2.16. The first-order valence-electron chi connectivity index (χ1n) is 5.25. The van der Waals surface area contributed by atoms with Gasteiger partial charge in [-0.3, -0.25) is 0 Å². The number of hydrogen-bond acceptors (Lipinski definition) is 2. The second kappa shape index (κ2) is 3.80. The van der Waals surface area contributed by atoms with Gasteiger partial charge in [0.25, 0.3) is 0 Å². The lowest BCUT2D eigenvalue weighted by Crippen LogP contribution is -2.43. The molecular formula is C13H13NS. The van der Waals surface area contributed by atoms with Gasteiger partial charge < -0.3 is 5.32 Å². The summed E-state index contributed by atoms with van der Waals surface area (Å²) >= 11 is 1.79. The Morgan fingerprint density at radius 2 is 1.93 bits per heavy atom. The molecule has 0 radical (unpaired) electrons. The molecule has 1 aromatic carbocycles. The average molecular weight is 215 g/mol. The summed E-state index contributed by atoms with van der Waals surface area (Å²) in [5, 5.41) is 7.93. The Hall–Kier alpha value is -1.12. The SMILES string of the molecule is c1ccc(C2NCC2c2ccsc2)cc1. The smallest absolute Gasteiger partial charge is 0.0402 e. The summed E-state index contributed by atoms with van der Waals surface area (Å²) in [6.07, 6.45) is 0. The van der Waals surface area contributed by atoms with Crippen LogP contribution in [0.15, 0.2) is 47.2 Å². The highest BCUT2D eigenvalue weighted by Gasteiger charge is 2.32. The van der Waals surface area contributed by atoms with Gasteiger partial charge in [-0.2, -0.15) is 11.3 Å². The van der Waals surface area contributed by atoms with Crippen molar-refractivity contribution in [2.45, 2.75) is 12.0 Å². The van der Waals surface area contributed by atoms with Crippen LogP contribution in [0, 0.1) is 0 Å². The molecule has 0 aliphatic carbocycles. The van der Waals surface area contributed by atoms with Crippen LogP contribution in [0.1, 0.15) is 23.1 Å². The van der Waals surface area contributed by atoms with Crippen molar-refractivity contribution in [1.29, 1.82) is 0 Å². The maximum absolute atomic E-state index is 3.50. The van der Waals surface area contributed by atoms with Crippen molar-refractivity contribution in [3.05, 3.63) is 58.3 Å². The van der Waals surface area contributed by atoms with Gasteiger partial charge in [0.1, 0.15) is 0 Å². The van der Waals surface area contributed by atoms with Crippen LogP contribution in [0.25, 0.3) is 0 Å². The second-order valence-electron chi connectivity index (χ2n) is 3.96. The normalized spacial score (nSPS) is 24.8. The summed E-state index contributed by atoms with van der Waals surface area (Å²) in [6.45, 7) is 1.11. The number of benzene rings is 1. The number of nitrogens with one attached hydrogen (secondary N) is 1. The van der Waals surface area contributed by atoms with Crippen LogP contribution in [0.5, 0.6) is 0 Å². The lowest BCUT2D eigenvalue weighted by Gasteiger charge is -2.38. The molecule has 0 saturated carbocycles. The minimum absolute atomic E-state index is 0.515.